The van der Waals surface area contributed by atoms with E-state index in [1.54, 1.807) is 76.2 Å². The molecule has 0 fully saturated rings. The fraction of sp³-hybridized carbons (Fsp3) is 0.222. The summed E-state index contributed by atoms with van der Waals surface area (Å²) >= 11 is 0. The van der Waals surface area contributed by atoms with Gasteiger partial charge in [-0.3, -0.25) is 18.7 Å². The Morgan fingerprint density at radius 1 is 0.580 bits per heavy atom. The lowest BCUT2D eigenvalue weighted by atomic mass is 9.73. The van der Waals surface area contributed by atoms with Crippen LogP contribution in [-0.2, 0) is 29.7 Å². The molecule has 2 unspecified atom stereocenters. The van der Waals surface area contributed by atoms with E-state index in [4.69, 9.17) is 11.7 Å². The Balaban J connectivity index is 1.58. The molecule has 0 aliphatic heterocycles. The van der Waals surface area contributed by atoms with E-state index in [0.717, 1.165) is 0 Å². The number of hydrogen-bond acceptors (Lipinski definition) is 10. The van der Waals surface area contributed by atoms with Gasteiger partial charge in [-0.25, -0.2) is 0 Å². The zero-order valence-electron chi connectivity index (χ0n) is 27.6. The van der Waals surface area contributed by atoms with E-state index in [9.17, 15) is 35.5 Å². The van der Waals surface area contributed by atoms with Crippen LogP contribution in [0.4, 0.5) is 0 Å². The number of Topliss-reactive ketones (excluding diaryl/α,β-unsaturated/α-hetero) is 2. The van der Waals surface area contributed by atoms with Crippen LogP contribution >= 0.6 is 0 Å². The van der Waals surface area contributed by atoms with Gasteiger partial charge in [-0.1, -0.05) is 72.8 Å². The van der Waals surface area contributed by atoms with Crippen molar-refractivity contribution in [3.63, 3.8) is 0 Å². The summed E-state index contributed by atoms with van der Waals surface area (Å²) in [5, 5.41) is 7.20. The Hall–Kier alpha value is -5.02. The summed E-state index contributed by atoms with van der Waals surface area (Å²) in [5.41, 5.74) is 3.67. The Kier molecular flexibility index (Phi) is 8.22. The number of benzene rings is 4. The van der Waals surface area contributed by atoms with Crippen LogP contribution < -0.4 is 11.7 Å². The highest BCUT2D eigenvalue weighted by molar-refractivity contribution is 7.87. The number of hydrazone groups is 2. The van der Waals surface area contributed by atoms with Crippen LogP contribution in [0, 0.1) is 27.7 Å². The molecule has 4 aromatic rings. The predicted molar refractivity (Wildman–Crippen MR) is 190 cm³/mol. The molecule has 2 aliphatic carbocycles. The van der Waals surface area contributed by atoms with Crippen LogP contribution in [0.2, 0.25) is 0 Å². The Morgan fingerprint density at radius 2 is 0.880 bits per heavy atom. The van der Waals surface area contributed by atoms with Crippen LogP contribution in [0.15, 0.2) is 83.0 Å². The normalized spacial score (nSPS) is 22.4. The molecule has 2 aliphatic rings. The Morgan fingerprint density at radius 3 is 1.16 bits per heavy atom. The second kappa shape index (κ2) is 11.8. The van der Waals surface area contributed by atoms with Crippen LogP contribution in [0.1, 0.15) is 78.1 Å². The van der Waals surface area contributed by atoms with Gasteiger partial charge in [-0.2, -0.15) is 27.0 Å². The summed E-state index contributed by atoms with van der Waals surface area (Å²) in [6.45, 7) is 6.79. The first kappa shape index (κ1) is 34.8. The molecule has 0 saturated heterocycles. The van der Waals surface area contributed by atoms with Gasteiger partial charge in [0, 0.05) is 24.0 Å². The van der Waals surface area contributed by atoms with Gasteiger partial charge in [0.1, 0.15) is 11.4 Å². The van der Waals surface area contributed by atoms with E-state index in [-0.39, 0.29) is 44.8 Å². The standard InChI is InChI=1S/C36H34N4O8S2/c1-19-13-23(14-20(2)31(19)35(49(43,44)45)17-29(39-37)33(41)25-9-5-7-11-27(25)35)24-15-21(3)32(22(4)16-24)36(50(46,47)48)18-30(40-38)34(42)26-10-6-8-12-28(26)36/h5-16H,17-18,37-38H2,1-4H3,(H,43,44,45)(H,46,47,48)/b39-29-,40-30+. The van der Waals surface area contributed by atoms with Crippen molar-refractivity contribution < 1.29 is 35.5 Å². The molecule has 50 heavy (non-hydrogen) atoms. The third-order valence-electron chi connectivity index (χ3n) is 9.97. The molecule has 0 saturated carbocycles. The van der Waals surface area contributed by atoms with Crippen LogP contribution in [0.25, 0.3) is 11.1 Å². The van der Waals surface area contributed by atoms with Crippen molar-refractivity contribution in [2.75, 3.05) is 0 Å². The van der Waals surface area contributed by atoms with E-state index in [2.05, 4.69) is 10.2 Å². The predicted octanol–water partition coefficient (Wildman–Crippen LogP) is 4.65. The molecule has 6 N–H and O–H groups in total. The summed E-state index contributed by atoms with van der Waals surface area (Å²) in [7, 11) is -9.88. The van der Waals surface area contributed by atoms with Gasteiger partial charge in [0.2, 0.25) is 11.6 Å². The number of aryl methyl sites for hydroxylation is 4. The second-order valence-corrected chi connectivity index (χ2v) is 16.1. The molecule has 0 radical (unpaired) electrons. The van der Waals surface area contributed by atoms with Crippen molar-refractivity contribution in [2.45, 2.75) is 50.0 Å². The zero-order valence-corrected chi connectivity index (χ0v) is 29.2. The maximum Gasteiger partial charge on any atom is 0.279 e. The number of nitrogens with zero attached hydrogens (tertiary/aromatic N) is 2. The van der Waals surface area contributed by atoms with Gasteiger partial charge in [0.25, 0.3) is 20.2 Å². The highest BCUT2D eigenvalue weighted by atomic mass is 32.2. The molecule has 14 heteroatoms. The molecular formula is C36H34N4O8S2. The number of fused-ring (bicyclic) bond motifs is 2. The van der Waals surface area contributed by atoms with Crippen LogP contribution in [0.5, 0.6) is 0 Å². The summed E-state index contributed by atoms with van der Waals surface area (Å²) in [5.74, 6) is 10.1. The zero-order chi connectivity index (χ0) is 36.6. The summed E-state index contributed by atoms with van der Waals surface area (Å²) in [4.78, 5) is 26.3. The second-order valence-electron chi connectivity index (χ2n) is 12.8. The first-order valence-corrected chi connectivity index (χ1v) is 18.3. The number of carbonyl (C=O) groups excluding carboxylic acids is 2. The highest BCUT2D eigenvalue weighted by Crippen LogP contribution is 2.51. The minimum Gasteiger partial charge on any atom is -0.323 e. The number of ketones is 2. The van der Waals surface area contributed by atoms with Gasteiger partial charge in [-0.15, -0.1) is 0 Å². The largest absolute Gasteiger partial charge is 0.323 e. The monoisotopic (exact) mass is 714 g/mol. The minimum absolute atomic E-state index is 0.0619. The van der Waals surface area contributed by atoms with Crippen molar-refractivity contribution >= 4 is 43.2 Å². The molecule has 0 amide bonds. The molecule has 12 nitrogen and oxygen atoms in total. The molecule has 6 rings (SSSR count). The fourth-order valence-corrected chi connectivity index (χ4v) is 10.8. The number of hydrogen-bond donors (Lipinski definition) is 4. The summed E-state index contributed by atoms with van der Waals surface area (Å²) in [6.07, 6.45) is -0.968. The molecule has 0 bridgehead atoms. The van der Waals surface area contributed by atoms with E-state index in [1.807, 2.05) is 0 Å². The third kappa shape index (κ3) is 4.85. The Bertz CT molecular complexity index is 2240. The maximum atomic E-state index is 13.5. The number of rotatable bonds is 5. The van der Waals surface area contributed by atoms with E-state index >= 15 is 0 Å². The van der Waals surface area contributed by atoms with Gasteiger partial charge in [0.15, 0.2) is 9.49 Å². The third-order valence-corrected chi connectivity index (χ3v) is 12.9. The van der Waals surface area contributed by atoms with Crippen LogP contribution in [0.3, 0.4) is 0 Å². The molecule has 2 atom stereocenters. The van der Waals surface area contributed by atoms with E-state index in [1.165, 1.54) is 24.3 Å². The molecule has 0 spiro atoms. The van der Waals surface area contributed by atoms with Crippen LogP contribution in [-0.4, -0.2) is 48.9 Å². The number of nitrogens with two attached hydrogens (primary N) is 2. The minimum atomic E-state index is -4.94. The van der Waals surface area contributed by atoms with Crippen molar-refractivity contribution in [3.05, 3.63) is 128 Å². The average molecular weight is 715 g/mol. The lowest BCUT2D eigenvalue weighted by molar-refractivity contribution is 0.105. The summed E-state index contributed by atoms with van der Waals surface area (Å²) < 4.78 is 71.6. The lowest BCUT2D eigenvalue weighted by Gasteiger charge is -2.39. The van der Waals surface area contributed by atoms with E-state index < -0.39 is 54.1 Å². The van der Waals surface area contributed by atoms with E-state index in [0.29, 0.717) is 33.4 Å². The lowest BCUT2D eigenvalue weighted by Crippen LogP contribution is -2.46. The maximum absolute atomic E-state index is 13.5. The quantitative estimate of drug-likeness (QED) is 0.127. The molecular weight excluding hydrogens is 681 g/mol. The highest BCUT2D eigenvalue weighted by Gasteiger charge is 2.56. The molecule has 258 valence electrons. The number of carbonyl (C=O) groups is 2. The topological polar surface area (TPSA) is 220 Å². The fourth-order valence-electron chi connectivity index (χ4n) is 8.11. The Labute approximate surface area is 289 Å². The van der Waals surface area contributed by atoms with Gasteiger partial charge >= 0.3 is 0 Å². The SMILES string of the molecule is Cc1cc(-c2cc(C)c(C3(S(=O)(=O)O)C/C(=N\N)C(=O)c4ccccc43)c(C)c2)cc(C)c1C1(S(=O)(=O)O)C/C(=N/N)C(=O)c2ccccc21. The van der Waals surface area contributed by atoms with Crippen molar-refractivity contribution in [2.24, 2.45) is 21.9 Å². The van der Waals surface area contributed by atoms with Crippen molar-refractivity contribution in [1.82, 2.24) is 0 Å². The molecule has 0 aromatic heterocycles. The first-order valence-electron chi connectivity index (χ1n) is 15.4. The first-order chi connectivity index (χ1) is 23.4. The average Bonchev–Trinajstić information content (AvgIpc) is 3.05. The van der Waals surface area contributed by atoms with Gasteiger partial charge in [0.05, 0.1) is 0 Å². The molecule has 4 aromatic carbocycles. The van der Waals surface area contributed by atoms with Gasteiger partial charge in [-0.05, 0) is 83.3 Å². The molecule has 0 heterocycles. The van der Waals surface area contributed by atoms with Crippen molar-refractivity contribution in [1.29, 1.82) is 0 Å². The smallest absolute Gasteiger partial charge is 0.279 e. The summed E-state index contributed by atoms with van der Waals surface area (Å²) in [6, 6.07) is 19.2. The van der Waals surface area contributed by atoms with Gasteiger partial charge < -0.3 is 11.7 Å². The van der Waals surface area contributed by atoms with Crippen molar-refractivity contribution in [3.8, 4) is 11.1 Å².